The second kappa shape index (κ2) is 8.31. The summed E-state index contributed by atoms with van der Waals surface area (Å²) in [5.41, 5.74) is 5.01. The zero-order chi connectivity index (χ0) is 18.4. The molecule has 0 fully saturated rings. The van der Waals surface area contributed by atoms with E-state index in [1.165, 1.54) is 5.56 Å². The van der Waals surface area contributed by atoms with Crippen LogP contribution in [0.1, 0.15) is 28.0 Å². The van der Waals surface area contributed by atoms with E-state index in [4.69, 9.17) is 15.1 Å². The van der Waals surface area contributed by atoms with Crippen molar-refractivity contribution in [1.82, 2.24) is 10.6 Å². The van der Waals surface area contributed by atoms with E-state index in [0.717, 1.165) is 24.2 Å². The Morgan fingerprint density at radius 2 is 1.88 bits per heavy atom. The fourth-order valence-corrected chi connectivity index (χ4v) is 2.70. The van der Waals surface area contributed by atoms with Gasteiger partial charge in [-0.2, -0.15) is 0 Å². The molecular weight excluding hydrogens is 330 g/mol. The number of nitrogens with one attached hydrogen (secondary N) is 1. The van der Waals surface area contributed by atoms with E-state index in [1.54, 1.807) is 6.92 Å². The van der Waals surface area contributed by atoms with Crippen LogP contribution >= 0.6 is 0 Å². The summed E-state index contributed by atoms with van der Waals surface area (Å²) in [4.78, 5) is 11.6. The first-order valence-electron chi connectivity index (χ1n) is 8.43. The van der Waals surface area contributed by atoms with Gasteiger partial charge in [0.2, 0.25) is 0 Å². The summed E-state index contributed by atoms with van der Waals surface area (Å²) in [6.45, 7) is 2.42. The van der Waals surface area contributed by atoms with E-state index < -0.39 is 5.91 Å². The summed E-state index contributed by atoms with van der Waals surface area (Å²) in [6, 6.07) is 17.9. The summed E-state index contributed by atoms with van der Waals surface area (Å²) in [6.07, 6.45) is 1.94. The lowest BCUT2D eigenvalue weighted by molar-refractivity contribution is 0.0944. The van der Waals surface area contributed by atoms with Crippen molar-refractivity contribution in [2.24, 2.45) is 5.84 Å². The van der Waals surface area contributed by atoms with Crippen LogP contribution in [0.3, 0.4) is 0 Å². The van der Waals surface area contributed by atoms with E-state index in [2.05, 4.69) is 22.7 Å². The maximum Gasteiger partial charge on any atom is 0.287 e. The number of nitrogens with zero attached hydrogens (tertiary/aromatic N) is 1. The molecule has 0 aliphatic rings. The Bertz CT molecular complexity index is 858. The summed E-state index contributed by atoms with van der Waals surface area (Å²) in [5, 5.41) is 3.78. The zero-order valence-corrected chi connectivity index (χ0v) is 14.6. The number of carbonyl (C=O) groups is 1. The van der Waals surface area contributed by atoms with E-state index in [1.807, 2.05) is 42.5 Å². The summed E-state index contributed by atoms with van der Waals surface area (Å²) in [5.74, 6) is 5.99. The molecule has 0 spiro atoms. The molecule has 1 aromatic heterocycles. The number of rotatable bonds is 7. The number of aromatic nitrogens is 1. The molecule has 3 aromatic rings. The molecule has 0 radical (unpaired) electrons. The highest BCUT2D eigenvalue weighted by Gasteiger charge is 2.18. The first-order chi connectivity index (χ1) is 12.7. The number of carbonyl (C=O) groups excluding carboxylic acids is 1. The average Bonchev–Trinajstić information content (AvgIpc) is 3.07. The molecule has 134 valence electrons. The van der Waals surface area contributed by atoms with Gasteiger partial charge < -0.3 is 9.26 Å². The Morgan fingerprint density at radius 3 is 2.58 bits per heavy atom. The molecule has 1 heterocycles. The number of nitrogen functional groups attached to an aromatic ring is 1. The van der Waals surface area contributed by atoms with Crippen molar-refractivity contribution < 1.29 is 14.1 Å². The number of nitrogens with two attached hydrogens (primary N) is 1. The minimum absolute atomic E-state index is 0.184. The van der Waals surface area contributed by atoms with Crippen molar-refractivity contribution in [1.29, 1.82) is 0 Å². The number of hydrazine groups is 1. The smallest absolute Gasteiger partial charge is 0.287 e. The zero-order valence-electron chi connectivity index (χ0n) is 14.6. The first kappa shape index (κ1) is 17.7. The molecule has 0 saturated heterocycles. The molecular formula is C20H21N3O3. The lowest BCUT2D eigenvalue weighted by Crippen LogP contribution is -2.30. The minimum atomic E-state index is -0.476. The van der Waals surface area contributed by atoms with Gasteiger partial charge in [0.05, 0.1) is 6.61 Å². The van der Waals surface area contributed by atoms with Crippen molar-refractivity contribution in [3.8, 4) is 17.1 Å². The standard InChI is InChI=1S/C20H21N3O3/c1-14-18(20(24)22-21)23-26-19(14)16-9-11-17(12-10-16)25-13-5-8-15-6-3-2-4-7-15/h2-4,6-7,9-12H,5,8,13,21H2,1H3,(H,22,24). The minimum Gasteiger partial charge on any atom is -0.494 e. The topological polar surface area (TPSA) is 90.4 Å². The van der Waals surface area contributed by atoms with Crippen LogP contribution in [0, 0.1) is 6.92 Å². The quantitative estimate of drug-likeness (QED) is 0.295. The highest BCUT2D eigenvalue weighted by Crippen LogP contribution is 2.27. The van der Waals surface area contributed by atoms with Gasteiger partial charge in [-0.25, -0.2) is 5.84 Å². The number of benzene rings is 2. The molecule has 1 amide bonds. The number of ether oxygens (including phenoxy) is 1. The van der Waals surface area contributed by atoms with Crippen molar-refractivity contribution >= 4 is 5.91 Å². The maximum atomic E-state index is 11.6. The molecule has 0 aliphatic heterocycles. The summed E-state index contributed by atoms with van der Waals surface area (Å²) >= 11 is 0. The second-order valence-corrected chi connectivity index (χ2v) is 5.92. The van der Waals surface area contributed by atoms with Crippen LogP contribution < -0.4 is 16.0 Å². The third-order valence-electron chi connectivity index (χ3n) is 4.11. The molecule has 0 unspecified atom stereocenters. The number of hydrogen-bond donors (Lipinski definition) is 2. The average molecular weight is 351 g/mol. The molecule has 0 saturated carbocycles. The third-order valence-corrected chi connectivity index (χ3v) is 4.11. The number of aryl methyl sites for hydroxylation is 1. The first-order valence-corrected chi connectivity index (χ1v) is 8.43. The lowest BCUT2D eigenvalue weighted by Gasteiger charge is -2.07. The molecule has 0 bridgehead atoms. The molecule has 2 aromatic carbocycles. The van der Waals surface area contributed by atoms with Gasteiger partial charge in [0.25, 0.3) is 5.91 Å². The van der Waals surface area contributed by atoms with Gasteiger partial charge in [-0.15, -0.1) is 0 Å². The Morgan fingerprint density at radius 1 is 1.15 bits per heavy atom. The second-order valence-electron chi connectivity index (χ2n) is 5.92. The van der Waals surface area contributed by atoms with Crippen LogP contribution in [-0.4, -0.2) is 17.7 Å². The van der Waals surface area contributed by atoms with Gasteiger partial charge in [-0.3, -0.25) is 10.2 Å². The SMILES string of the molecule is Cc1c(C(=O)NN)noc1-c1ccc(OCCCc2ccccc2)cc1. The highest BCUT2D eigenvalue weighted by atomic mass is 16.5. The van der Waals surface area contributed by atoms with Crippen molar-refractivity contribution in [3.05, 3.63) is 71.4 Å². The van der Waals surface area contributed by atoms with Crippen LogP contribution in [0.15, 0.2) is 59.1 Å². The molecule has 3 N–H and O–H groups in total. The van der Waals surface area contributed by atoms with E-state index >= 15 is 0 Å². The van der Waals surface area contributed by atoms with Gasteiger partial charge in [0, 0.05) is 11.1 Å². The van der Waals surface area contributed by atoms with Gasteiger partial charge in [-0.1, -0.05) is 35.5 Å². The summed E-state index contributed by atoms with van der Waals surface area (Å²) < 4.78 is 11.1. The predicted octanol–water partition coefficient (Wildman–Crippen LogP) is 3.27. The van der Waals surface area contributed by atoms with Crippen molar-refractivity contribution in [2.75, 3.05) is 6.61 Å². The summed E-state index contributed by atoms with van der Waals surface area (Å²) in [7, 11) is 0. The Hall–Kier alpha value is -3.12. The molecule has 0 aliphatic carbocycles. The Balaban J connectivity index is 1.57. The van der Waals surface area contributed by atoms with E-state index in [0.29, 0.717) is 17.9 Å². The van der Waals surface area contributed by atoms with Crippen LogP contribution in [0.25, 0.3) is 11.3 Å². The van der Waals surface area contributed by atoms with Gasteiger partial charge in [0.1, 0.15) is 5.75 Å². The van der Waals surface area contributed by atoms with Crippen LogP contribution in [-0.2, 0) is 6.42 Å². The molecule has 0 atom stereocenters. The van der Waals surface area contributed by atoms with Gasteiger partial charge in [-0.05, 0) is 49.6 Å². The lowest BCUT2D eigenvalue weighted by atomic mass is 10.1. The van der Waals surface area contributed by atoms with Crippen molar-refractivity contribution in [2.45, 2.75) is 19.8 Å². The Labute approximate surface area is 151 Å². The van der Waals surface area contributed by atoms with Crippen LogP contribution in [0.5, 0.6) is 5.75 Å². The van der Waals surface area contributed by atoms with Crippen LogP contribution in [0.4, 0.5) is 0 Å². The fourth-order valence-electron chi connectivity index (χ4n) is 2.70. The fraction of sp³-hybridized carbons (Fsp3) is 0.200. The predicted molar refractivity (Wildman–Crippen MR) is 98.6 cm³/mol. The van der Waals surface area contributed by atoms with Crippen molar-refractivity contribution in [3.63, 3.8) is 0 Å². The molecule has 3 rings (SSSR count). The van der Waals surface area contributed by atoms with E-state index in [-0.39, 0.29) is 5.69 Å². The highest BCUT2D eigenvalue weighted by molar-refractivity contribution is 5.94. The van der Waals surface area contributed by atoms with E-state index in [9.17, 15) is 4.79 Å². The monoisotopic (exact) mass is 351 g/mol. The third kappa shape index (κ3) is 4.10. The maximum absolute atomic E-state index is 11.6. The normalized spacial score (nSPS) is 10.5. The largest absolute Gasteiger partial charge is 0.494 e. The van der Waals surface area contributed by atoms with Gasteiger partial charge in [0.15, 0.2) is 11.5 Å². The number of hydrogen-bond acceptors (Lipinski definition) is 5. The molecule has 6 nitrogen and oxygen atoms in total. The van der Waals surface area contributed by atoms with Gasteiger partial charge >= 0.3 is 0 Å². The molecule has 26 heavy (non-hydrogen) atoms. The van der Waals surface area contributed by atoms with Crippen LogP contribution in [0.2, 0.25) is 0 Å². The Kier molecular flexibility index (Phi) is 5.66. The molecule has 6 heteroatoms. The number of amides is 1.